The normalized spacial score (nSPS) is 10.5. The molecule has 1 aromatic heterocycles. The predicted octanol–water partition coefficient (Wildman–Crippen LogP) is 1.93. The summed E-state index contributed by atoms with van der Waals surface area (Å²) in [6.07, 6.45) is 4.49. The number of ether oxygens (including phenoxy) is 1. The molecule has 0 atom stereocenters. The van der Waals surface area contributed by atoms with E-state index in [1.165, 1.54) is 0 Å². The highest BCUT2D eigenvalue weighted by molar-refractivity contribution is 5.53. The molecule has 0 saturated heterocycles. The Bertz CT molecular complexity index is 505. The van der Waals surface area contributed by atoms with Crippen molar-refractivity contribution >= 4 is 5.69 Å². The molecule has 1 heterocycles. The van der Waals surface area contributed by atoms with Crippen LogP contribution in [0.15, 0.2) is 30.6 Å². The summed E-state index contributed by atoms with van der Waals surface area (Å²) in [5, 5.41) is 0. The summed E-state index contributed by atoms with van der Waals surface area (Å²) in [5.74, 6) is 1.76. The van der Waals surface area contributed by atoms with Crippen LogP contribution in [0.2, 0.25) is 0 Å². The summed E-state index contributed by atoms with van der Waals surface area (Å²) >= 11 is 0. The van der Waals surface area contributed by atoms with Gasteiger partial charge < -0.3 is 15.0 Å². The highest BCUT2D eigenvalue weighted by Gasteiger charge is 2.03. The van der Waals surface area contributed by atoms with E-state index in [0.717, 1.165) is 23.6 Å². The van der Waals surface area contributed by atoms with Crippen molar-refractivity contribution in [2.75, 3.05) is 12.3 Å². The van der Waals surface area contributed by atoms with Gasteiger partial charge in [0.15, 0.2) is 0 Å². The maximum atomic E-state index is 5.83. The SMILES string of the molecule is Cc1ccc(N)c(OCCc2nccn2C)c1. The topological polar surface area (TPSA) is 53.1 Å². The Hall–Kier alpha value is -1.97. The third kappa shape index (κ3) is 2.78. The lowest BCUT2D eigenvalue weighted by molar-refractivity contribution is 0.319. The number of benzene rings is 1. The minimum absolute atomic E-state index is 0.582. The van der Waals surface area contributed by atoms with Crippen LogP contribution in [0.4, 0.5) is 5.69 Å². The van der Waals surface area contributed by atoms with Crippen molar-refractivity contribution in [2.45, 2.75) is 13.3 Å². The van der Waals surface area contributed by atoms with E-state index >= 15 is 0 Å². The number of aromatic nitrogens is 2. The van der Waals surface area contributed by atoms with E-state index in [9.17, 15) is 0 Å². The molecule has 0 bridgehead atoms. The number of rotatable bonds is 4. The number of nitrogen functional groups attached to an aromatic ring is 1. The van der Waals surface area contributed by atoms with Gasteiger partial charge in [-0.3, -0.25) is 0 Å². The van der Waals surface area contributed by atoms with Crippen molar-refractivity contribution in [1.82, 2.24) is 9.55 Å². The van der Waals surface area contributed by atoms with Gasteiger partial charge in [-0.25, -0.2) is 4.98 Å². The summed E-state index contributed by atoms with van der Waals surface area (Å²) in [7, 11) is 1.98. The van der Waals surface area contributed by atoms with E-state index in [4.69, 9.17) is 10.5 Å². The Balaban J connectivity index is 1.94. The fourth-order valence-electron chi connectivity index (χ4n) is 1.66. The molecule has 2 N–H and O–H groups in total. The molecular weight excluding hydrogens is 214 g/mol. The van der Waals surface area contributed by atoms with Crippen LogP contribution in [-0.4, -0.2) is 16.2 Å². The van der Waals surface area contributed by atoms with Gasteiger partial charge in [0.2, 0.25) is 0 Å². The van der Waals surface area contributed by atoms with Crippen molar-refractivity contribution in [3.63, 3.8) is 0 Å². The predicted molar refractivity (Wildman–Crippen MR) is 68.0 cm³/mol. The molecule has 17 heavy (non-hydrogen) atoms. The number of aryl methyl sites for hydroxylation is 2. The number of hydrogen-bond donors (Lipinski definition) is 1. The zero-order valence-electron chi connectivity index (χ0n) is 10.2. The molecule has 90 valence electrons. The first-order valence-corrected chi connectivity index (χ1v) is 5.62. The molecular formula is C13H17N3O. The average Bonchev–Trinajstić information content (AvgIpc) is 2.70. The first kappa shape index (κ1) is 11.5. The summed E-state index contributed by atoms with van der Waals surface area (Å²) in [6, 6.07) is 5.79. The Morgan fingerprint density at radius 3 is 2.94 bits per heavy atom. The zero-order valence-corrected chi connectivity index (χ0v) is 10.2. The van der Waals surface area contributed by atoms with Gasteiger partial charge >= 0.3 is 0 Å². The number of anilines is 1. The van der Waals surface area contributed by atoms with Crippen molar-refractivity contribution < 1.29 is 4.74 Å². The van der Waals surface area contributed by atoms with Gasteiger partial charge in [-0.2, -0.15) is 0 Å². The summed E-state index contributed by atoms with van der Waals surface area (Å²) in [4.78, 5) is 4.24. The van der Waals surface area contributed by atoms with Crippen molar-refractivity contribution in [1.29, 1.82) is 0 Å². The quantitative estimate of drug-likeness (QED) is 0.818. The largest absolute Gasteiger partial charge is 0.491 e. The first-order valence-electron chi connectivity index (χ1n) is 5.62. The highest BCUT2D eigenvalue weighted by atomic mass is 16.5. The van der Waals surface area contributed by atoms with E-state index in [2.05, 4.69) is 4.98 Å². The molecule has 0 spiro atoms. The van der Waals surface area contributed by atoms with E-state index in [0.29, 0.717) is 12.3 Å². The molecule has 0 aliphatic heterocycles. The van der Waals surface area contributed by atoms with E-state index in [1.54, 1.807) is 6.20 Å². The summed E-state index contributed by atoms with van der Waals surface area (Å²) in [6.45, 7) is 2.60. The minimum atomic E-state index is 0.582. The Morgan fingerprint density at radius 1 is 1.41 bits per heavy atom. The number of nitrogens with zero attached hydrogens (tertiary/aromatic N) is 2. The molecule has 4 nitrogen and oxygen atoms in total. The van der Waals surface area contributed by atoms with Gasteiger partial charge in [-0.15, -0.1) is 0 Å². The molecule has 4 heteroatoms. The molecule has 0 fully saturated rings. The van der Waals surface area contributed by atoms with Crippen molar-refractivity contribution in [3.05, 3.63) is 42.0 Å². The van der Waals surface area contributed by atoms with E-state index < -0.39 is 0 Å². The van der Waals surface area contributed by atoms with E-state index in [-0.39, 0.29) is 0 Å². The first-order chi connectivity index (χ1) is 8.16. The number of hydrogen-bond acceptors (Lipinski definition) is 3. The van der Waals surface area contributed by atoms with Gasteiger partial charge in [0, 0.05) is 25.9 Å². The Kier molecular flexibility index (Phi) is 3.32. The van der Waals surface area contributed by atoms with Crippen LogP contribution >= 0.6 is 0 Å². The molecule has 0 unspecified atom stereocenters. The third-order valence-corrected chi connectivity index (χ3v) is 2.67. The fourth-order valence-corrected chi connectivity index (χ4v) is 1.66. The van der Waals surface area contributed by atoms with Crippen LogP contribution in [0.5, 0.6) is 5.75 Å². The van der Waals surface area contributed by atoms with Crippen LogP contribution in [-0.2, 0) is 13.5 Å². The standard InChI is InChI=1S/C13H17N3O/c1-10-3-4-11(14)12(9-10)17-8-5-13-15-6-7-16(13)2/h3-4,6-7,9H,5,8,14H2,1-2H3. The maximum Gasteiger partial charge on any atom is 0.142 e. The van der Waals surface area contributed by atoms with Gasteiger partial charge in [0.25, 0.3) is 0 Å². The van der Waals surface area contributed by atoms with Crippen LogP contribution in [0.3, 0.4) is 0 Å². The smallest absolute Gasteiger partial charge is 0.142 e. The summed E-state index contributed by atoms with van der Waals surface area (Å²) in [5.41, 5.74) is 7.65. The second-order valence-corrected chi connectivity index (χ2v) is 4.09. The second-order valence-electron chi connectivity index (χ2n) is 4.09. The van der Waals surface area contributed by atoms with Gasteiger partial charge in [0.1, 0.15) is 11.6 Å². The second kappa shape index (κ2) is 4.91. The molecule has 0 saturated carbocycles. The zero-order chi connectivity index (χ0) is 12.3. The van der Waals surface area contributed by atoms with Crippen LogP contribution < -0.4 is 10.5 Å². The molecule has 2 rings (SSSR count). The molecule has 0 aliphatic carbocycles. The molecule has 0 aliphatic rings. The Labute approximate surface area is 101 Å². The highest BCUT2D eigenvalue weighted by Crippen LogP contribution is 2.22. The van der Waals surface area contributed by atoms with Crippen molar-refractivity contribution in [3.8, 4) is 5.75 Å². The molecule has 1 aromatic carbocycles. The lowest BCUT2D eigenvalue weighted by Crippen LogP contribution is -2.07. The lowest BCUT2D eigenvalue weighted by atomic mass is 10.2. The number of nitrogens with two attached hydrogens (primary N) is 1. The molecule has 0 amide bonds. The van der Waals surface area contributed by atoms with Gasteiger partial charge in [-0.1, -0.05) is 6.07 Å². The molecule has 0 radical (unpaired) electrons. The fraction of sp³-hybridized carbons (Fsp3) is 0.308. The maximum absolute atomic E-state index is 5.83. The number of imidazole rings is 1. The Morgan fingerprint density at radius 2 is 2.24 bits per heavy atom. The van der Waals surface area contributed by atoms with E-state index in [1.807, 2.05) is 42.9 Å². The minimum Gasteiger partial charge on any atom is -0.491 e. The van der Waals surface area contributed by atoms with Crippen LogP contribution in [0.25, 0.3) is 0 Å². The summed E-state index contributed by atoms with van der Waals surface area (Å²) < 4.78 is 7.66. The average molecular weight is 231 g/mol. The van der Waals surface area contributed by atoms with Crippen LogP contribution in [0, 0.1) is 6.92 Å². The van der Waals surface area contributed by atoms with Crippen molar-refractivity contribution in [2.24, 2.45) is 7.05 Å². The van der Waals surface area contributed by atoms with Gasteiger partial charge in [-0.05, 0) is 24.6 Å². The molecule has 2 aromatic rings. The monoisotopic (exact) mass is 231 g/mol. The lowest BCUT2D eigenvalue weighted by Gasteiger charge is -2.09. The third-order valence-electron chi connectivity index (χ3n) is 2.67. The van der Waals surface area contributed by atoms with Crippen LogP contribution in [0.1, 0.15) is 11.4 Å². The van der Waals surface area contributed by atoms with Gasteiger partial charge in [0.05, 0.1) is 12.3 Å².